The molecular formula is C24H31N5O3S. The number of amides is 1. The highest BCUT2D eigenvalue weighted by atomic mass is 32.2. The van der Waals surface area contributed by atoms with Gasteiger partial charge in [-0.15, -0.1) is 0 Å². The van der Waals surface area contributed by atoms with Crippen LogP contribution in [0.25, 0.3) is 11.0 Å². The number of nitrogens with zero attached hydrogens (tertiary/aromatic N) is 4. The van der Waals surface area contributed by atoms with E-state index >= 15 is 0 Å². The van der Waals surface area contributed by atoms with Crippen molar-refractivity contribution in [2.24, 2.45) is 0 Å². The number of hydrogen-bond donors (Lipinski definition) is 1. The van der Waals surface area contributed by atoms with Crippen molar-refractivity contribution >= 4 is 38.6 Å². The number of imidazole rings is 1. The van der Waals surface area contributed by atoms with Gasteiger partial charge in [-0.2, -0.15) is 0 Å². The van der Waals surface area contributed by atoms with Crippen LogP contribution in [0.15, 0.2) is 42.5 Å². The van der Waals surface area contributed by atoms with Crippen LogP contribution in [0, 0.1) is 0 Å². The van der Waals surface area contributed by atoms with Gasteiger partial charge in [-0.05, 0) is 62.3 Å². The highest BCUT2D eigenvalue weighted by molar-refractivity contribution is 7.92. The third-order valence-electron chi connectivity index (χ3n) is 6.27. The quantitative estimate of drug-likeness (QED) is 0.547. The van der Waals surface area contributed by atoms with Crippen molar-refractivity contribution in [2.75, 3.05) is 35.5 Å². The number of fused-ring (bicyclic) bond motifs is 2. The molecule has 0 spiro atoms. The molecule has 1 atom stereocenters. The number of aromatic nitrogens is 2. The Morgan fingerprint density at radius 2 is 1.91 bits per heavy atom. The predicted molar refractivity (Wildman–Crippen MR) is 132 cm³/mol. The summed E-state index contributed by atoms with van der Waals surface area (Å²) in [5, 5.41) is 2.98. The van der Waals surface area contributed by atoms with Gasteiger partial charge in [0.05, 0.1) is 23.0 Å². The Morgan fingerprint density at radius 3 is 2.61 bits per heavy atom. The number of para-hydroxylation sites is 2. The standard InChI is InChI=1S/C24H31N5O3S/c1-5-27(6-2)13-14-28-22-10-8-7-9-20(22)25-24(28)26-23(30)18-11-12-21-19(16-18)15-17(3)29(21)33(4,31)32/h7-12,16-17H,5-6,13-15H2,1-4H3,(H,25,26,30). The molecule has 33 heavy (non-hydrogen) atoms. The average Bonchev–Trinajstić information content (AvgIpc) is 3.29. The van der Waals surface area contributed by atoms with E-state index in [2.05, 4.69) is 29.0 Å². The Hall–Kier alpha value is -2.91. The third-order valence-corrected chi connectivity index (χ3v) is 7.54. The van der Waals surface area contributed by atoms with E-state index in [4.69, 9.17) is 0 Å². The first-order valence-corrected chi connectivity index (χ1v) is 13.2. The summed E-state index contributed by atoms with van der Waals surface area (Å²) in [6, 6.07) is 12.9. The average molecular weight is 470 g/mol. The zero-order valence-electron chi connectivity index (χ0n) is 19.6. The van der Waals surface area contributed by atoms with Gasteiger partial charge in [-0.3, -0.25) is 14.4 Å². The monoisotopic (exact) mass is 469 g/mol. The number of nitrogens with one attached hydrogen (secondary N) is 1. The Kier molecular flexibility index (Phi) is 6.45. The summed E-state index contributed by atoms with van der Waals surface area (Å²) in [7, 11) is -3.37. The molecule has 2 heterocycles. The number of likely N-dealkylation sites (N-methyl/N-ethyl adjacent to an activating group) is 1. The molecule has 4 rings (SSSR count). The van der Waals surface area contributed by atoms with E-state index in [1.165, 1.54) is 10.6 Å². The second-order valence-corrected chi connectivity index (χ2v) is 10.4. The van der Waals surface area contributed by atoms with Gasteiger partial charge in [0.15, 0.2) is 0 Å². The van der Waals surface area contributed by atoms with E-state index < -0.39 is 10.0 Å². The van der Waals surface area contributed by atoms with Crippen LogP contribution < -0.4 is 9.62 Å². The molecule has 0 bridgehead atoms. The summed E-state index contributed by atoms with van der Waals surface area (Å²) >= 11 is 0. The van der Waals surface area contributed by atoms with Gasteiger partial charge in [0.2, 0.25) is 16.0 Å². The molecule has 2 aromatic carbocycles. The van der Waals surface area contributed by atoms with Crippen LogP contribution in [-0.4, -0.2) is 60.7 Å². The maximum atomic E-state index is 13.1. The third kappa shape index (κ3) is 4.60. The highest BCUT2D eigenvalue weighted by Crippen LogP contribution is 2.35. The van der Waals surface area contributed by atoms with Crippen molar-refractivity contribution in [3.05, 3.63) is 53.6 Å². The molecule has 0 radical (unpaired) electrons. The van der Waals surface area contributed by atoms with Gasteiger partial charge < -0.3 is 9.47 Å². The molecule has 1 amide bonds. The minimum atomic E-state index is -3.37. The molecule has 0 fully saturated rings. The Labute approximate surface area is 195 Å². The molecule has 8 nitrogen and oxygen atoms in total. The van der Waals surface area contributed by atoms with E-state index in [0.29, 0.717) is 30.2 Å². The van der Waals surface area contributed by atoms with Gasteiger partial charge in [-0.1, -0.05) is 26.0 Å². The number of rotatable bonds is 8. The van der Waals surface area contributed by atoms with Gasteiger partial charge in [0.1, 0.15) is 0 Å². The lowest BCUT2D eigenvalue weighted by atomic mass is 10.1. The van der Waals surface area contributed by atoms with Crippen LogP contribution in [0.5, 0.6) is 0 Å². The molecule has 0 saturated carbocycles. The minimum Gasteiger partial charge on any atom is -0.309 e. The molecule has 0 saturated heterocycles. The predicted octanol–water partition coefficient (Wildman–Crippen LogP) is 3.34. The second-order valence-electron chi connectivity index (χ2n) is 8.51. The van der Waals surface area contributed by atoms with Crippen molar-refractivity contribution in [2.45, 2.75) is 39.8 Å². The number of carbonyl (C=O) groups is 1. The van der Waals surface area contributed by atoms with Crippen LogP contribution in [-0.2, 0) is 23.0 Å². The van der Waals surface area contributed by atoms with Crippen LogP contribution in [0.3, 0.4) is 0 Å². The Balaban J connectivity index is 1.61. The van der Waals surface area contributed by atoms with E-state index in [0.717, 1.165) is 36.2 Å². The summed E-state index contributed by atoms with van der Waals surface area (Å²) in [5.74, 6) is 0.252. The molecule has 1 aliphatic heterocycles. The second kappa shape index (κ2) is 9.15. The lowest BCUT2D eigenvalue weighted by Gasteiger charge is -2.22. The van der Waals surface area contributed by atoms with Crippen molar-refractivity contribution in [1.82, 2.24) is 14.5 Å². The van der Waals surface area contributed by atoms with Crippen molar-refractivity contribution < 1.29 is 13.2 Å². The van der Waals surface area contributed by atoms with E-state index in [9.17, 15) is 13.2 Å². The number of hydrogen-bond acceptors (Lipinski definition) is 5. The lowest BCUT2D eigenvalue weighted by molar-refractivity contribution is 0.102. The van der Waals surface area contributed by atoms with E-state index in [-0.39, 0.29) is 11.9 Å². The zero-order valence-corrected chi connectivity index (χ0v) is 20.4. The smallest absolute Gasteiger partial charge is 0.257 e. The maximum Gasteiger partial charge on any atom is 0.257 e. The number of benzene rings is 2. The van der Waals surface area contributed by atoms with Crippen LogP contribution in [0.2, 0.25) is 0 Å². The summed E-state index contributed by atoms with van der Waals surface area (Å²) in [6.07, 6.45) is 1.79. The fourth-order valence-electron chi connectivity index (χ4n) is 4.60. The number of anilines is 2. The van der Waals surface area contributed by atoms with Crippen molar-refractivity contribution in [3.8, 4) is 0 Å². The van der Waals surface area contributed by atoms with Crippen LogP contribution in [0.4, 0.5) is 11.6 Å². The van der Waals surface area contributed by atoms with E-state index in [1.807, 2.05) is 35.8 Å². The Morgan fingerprint density at radius 1 is 1.18 bits per heavy atom. The molecule has 1 aromatic heterocycles. The van der Waals surface area contributed by atoms with Crippen LogP contribution in [0.1, 0.15) is 36.7 Å². The molecule has 3 aromatic rings. The molecule has 1 unspecified atom stereocenters. The molecule has 1 N–H and O–H groups in total. The SMILES string of the molecule is CCN(CC)CCn1c(NC(=O)c2ccc3c(c2)CC(C)N3S(C)(=O)=O)nc2ccccc21. The first-order valence-electron chi connectivity index (χ1n) is 11.3. The lowest BCUT2D eigenvalue weighted by Crippen LogP contribution is -2.34. The molecule has 1 aliphatic rings. The largest absolute Gasteiger partial charge is 0.309 e. The number of carbonyl (C=O) groups excluding carboxylic acids is 1. The normalized spacial score (nSPS) is 15.9. The van der Waals surface area contributed by atoms with Crippen molar-refractivity contribution in [1.29, 1.82) is 0 Å². The molecule has 176 valence electrons. The van der Waals surface area contributed by atoms with E-state index in [1.54, 1.807) is 18.2 Å². The van der Waals surface area contributed by atoms with Gasteiger partial charge >= 0.3 is 0 Å². The summed E-state index contributed by atoms with van der Waals surface area (Å²) in [6.45, 7) is 9.64. The fourth-order valence-corrected chi connectivity index (χ4v) is 5.87. The summed E-state index contributed by atoms with van der Waals surface area (Å²) in [4.78, 5) is 20.1. The van der Waals surface area contributed by atoms with Gasteiger partial charge in [0.25, 0.3) is 5.91 Å². The minimum absolute atomic E-state index is 0.169. The molecule has 9 heteroatoms. The first kappa shape index (κ1) is 23.3. The van der Waals surface area contributed by atoms with Crippen LogP contribution >= 0.6 is 0 Å². The zero-order chi connectivity index (χ0) is 23.8. The van der Waals surface area contributed by atoms with Gasteiger partial charge in [-0.25, -0.2) is 13.4 Å². The molecule has 0 aliphatic carbocycles. The fraction of sp³-hybridized carbons (Fsp3) is 0.417. The summed E-state index contributed by atoms with van der Waals surface area (Å²) in [5.41, 5.74) is 3.80. The van der Waals surface area contributed by atoms with Gasteiger partial charge in [0, 0.05) is 24.7 Å². The topological polar surface area (TPSA) is 87.5 Å². The first-order chi connectivity index (χ1) is 15.7. The van der Waals surface area contributed by atoms with Crippen molar-refractivity contribution in [3.63, 3.8) is 0 Å². The molecular weight excluding hydrogens is 438 g/mol. The summed E-state index contributed by atoms with van der Waals surface area (Å²) < 4.78 is 27.8. The maximum absolute atomic E-state index is 13.1. The Bertz CT molecular complexity index is 1280. The number of sulfonamides is 1. The highest BCUT2D eigenvalue weighted by Gasteiger charge is 2.32.